The van der Waals surface area contributed by atoms with E-state index in [0.717, 1.165) is 30.9 Å². The average Bonchev–Trinajstić information content (AvgIpc) is 2.74. The summed E-state index contributed by atoms with van der Waals surface area (Å²) in [6.07, 6.45) is 1.53. The molecular weight excluding hydrogens is 234 g/mol. The fraction of sp³-hybridized carbons (Fsp3) is 0.231. The van der Waals surface area contributed by atoms with Gasteiger partial charge in [0.1, 0.15) is 11.5 Å². The number of hydrogen-bond acceptors (Lipinski definition) is 3. The molecule has 0 spiro atoms. The van der Waals surface area contributed by atoms with Gasteiger partial charge in [-0.25, -0.2) is 9.97 Å². The zero-order valence-corrected chi connectivity index (χ0v) is 10.1. The Labute approximate surface area is 105 Å². The van der Waals surface area contributed by atoms with Gasteiger partial charge in [0, 0.05) is 25.2 Å². The van der Waals surface area contributed by atoms with E-state index in [4.69, 9.17) is 11.6 Å². The van der Waals surface area contributed by atoms with Crippen LogP contribution < -0.4 is 0 Å². The van der Waals surface area contributed by atoms with Gasteiger partial charge in [-0.15, -0.1) is 0 Å². The third-order valence-corrected chi connectivity index (χ3v) is 3.31. The Morgan fingerprint density at radius 3 is 2.71 bits per heavy atom. The second kappa shape index (κ2) is 4.43. The topological polar surface area (TPSA) is 29.0 Å². The van der Waals surface area contributed by atoms with Crippen molar-refractivity contribution < 1.29 is 0 Å². The van der Waals surface area contributed by atoms with E-state index in [9.17, 15) is 0 Å². The van der Waals surface area contributed by atoms with Crippen LogP contribution in [0, 0.1) is 0 Å². The summed E-state index contributed by atoms with van der Waals surface area (Å²) in [4.78, 5) is 10.6. The van der Waals surface area contributed by atoms with Crippen molar-refractivity contribution in [1.29, 1.82) is 0 Å². The molecule has 1 aromatic heterocycles. The first-order valence-electron chi connectivity index (χ1n) is 5.57. The van der Waals surface area contributed by atoms with E-state index in [1.165, 1.54) is 11.9 Å². The summed E-state index contributed by atoms with van der Waals surface area (Å²) in [6, 6.07) is 10.4. The smallest absolute Gasteiger partial charge is 0.137 e. The van der Waals surface area contributed by atoms with E-state index in [0.29, 0.717) is 5.15 Å². The van der Waals surface area contributed by atoms with Crippen LogP contribution in [-0.2, 0) is 19.6 Å². The molecule has 86 valence electrons. The van der Waals surface area contributed by atoms with Crippen molar-refractivity contribution in [1.82, 2.24) is 14.9 Å². The summed E-state index contributed by atoms with van der Waals surface area (Å²) in [7, 11) is 0. The van der Waals surface area contributed by atoms with E-state index >= 15 is 0 Å². The normalized spacial score (nSPS) is 14.9. The van der Waals surface area contributed by atoms with Gasteiger partial charge in [-0.05, 0) is 5.56 Å². The van der Waals surface area contributed by atoms with Gasteiger partial charge in [0.15, 0.2) is 0 Å². The lowest BCUT2D eigenvalue weighted by Crippen LogP contribution is -2.15. The SMILES string of the molecule is Clc1ncnc2c1CN(Cc1ccccc1)C2. The van der Waals surface area contributed by atoms with E-state index in [-0.39, 0.29) is 0 Å². The highest BCUT2D eigenvalue weighted by molar-refractivity contribution is 6.30. The molecule has 0 bridgehead atoms. The van der Waals surface area contributed by atoms with Crippen LogP contribution >= 0.6 is 11.6 Å². The fourth-order valence-electron chi connectivity index (χ4n) is 2.16. The van der Waals surface area contributed by atoms with Gasteiger partial charge in [0.25, 0.3) is 0 Å². The van der Waals surface area contributed by atoms with Gasteiger partial charge < -0.3 is 0 Å². The van der Waals surface area contributed by atoms with Crippen molar-refractivity contribution in [3.63, 3.8) is 0 Å². The Balaban J connectivity index is 1.77. The molecule has 0 saturated heterocycles. The predicted molar refractivity (Wildman–Crippen MR) is 66.4 cm³/mol. The van der Waals surface area contributed by atoms with Crippen molar-refractivity contribution >= 4 is 11.6 Å². The minimum Gasteiger partial charge on any atom is -0.289 e. The summed E-state index contributed by atoms with van der Waals surface area (Å²) < 4.78 is 0. The molecule has 4 heteroatoms. The number of benzene rings is 1. The molecule has 1 aromatic carbocycles. The second-order valence-corrected chi connectivity index (χ2v) is 4.58. The molecule has 0 atom stereocenters. The highest BCUT2D eigenvalue weighted by atomic mass is 35.5. The summed E-state index contributed by atoms with van der Waals surface area (Å²) in [6.45, 7) is 2.61. The fourth-order valence-corrected chi connectivity index (χ4v) is 2.37. The third kappa shape index (κ3) is 2.16. The van der Waals surface area contributed by atoms with Crippen LogP contribution in [-0.4, -0.2) is 14.9 Å². The standard InChI is InChI=1S/C13H12ClN3/c14-13-11-7-17(8-12(11)15-9-16-13)6-10-4-2-1-3-5-10/h1-5,9H,6-8H2. The quantitative estimate of drug-likeness (QED) is 0.762. The maximum atomic E-state index is 6.06. The Morgan fingerprint density at radius 1 is 1.12 bits per heavy atom. The first-order chi connectivity index (χ1) is 8.33. The Morgan fingerprint density at radius 2 is 1.94 bits per heavy atom. The van der Waals surface area contributed by atoms with Crippen LogP contribution in [0.25, 0.3) is 0 Å². The summed E-state index contributed by atoms with van der Waals surface area (Å²) >= 11 is 6.06. The summed E-state index contributed by atoms with van der Waals surface area (Å²) in [5.74, 6) is 0. The molecular formula is C13H12ClN3. The van der Waals surface area contributed by atoms with Crippen molar-refractivity contribution in [3.8, 4) is 0 Å². The van der Waals surface area contributed by atoms with E-state index < -0.39 is 0 Å². The van der Waals surface area contributed by atoms with Crippen LogP contribution in [0.2, 0.25) is 5.15 Å². The molecule has 1 aliphatic rings. The van der Waals surface area contributed by atoms with Crippen LogP contribution in [0.4, 0.5) is 0 Å². The first-order valence-corrected chi connectivity index (χ1v) is 5.95. The van der Waals surface area contributed by atoms with Gasteiger partial charge in [0.2, 0.25) is 0 Å². The zero-order valence-electron chi connectivity index (χ0n) is 9.31. The Hall–Kier alpha value is -1.45. The van der Waals surface area contributed by atoms with Crippen LogP contribution in [0.1, 0.15) is 16.8 Å². The van der Waals surface area contributed by atoms with Crippen molar-refractivity contribution in [3.05, 3.63) is 58.6 Å². The third-order valence-electron chi connectivity index (χ3n) is 2.99. The molecule has 2 aromatic rings. The van der Waals surface area contributed by atoms with E-state index in [2.05, 4.69) is 39.1 Å². The molecule has 0 amide bonds. The summed E-state index contributed by atoms with van der Waals surface area (Å²) in [5, 5.41) is 0.588. The van der Waals surface area contributed by atoms with Gasteiger partial charge >= 0.3 is 0 Å². The van der Waals surface area contributed by atoms with Gasteiger partial charge in [-0.1, -0.05) is 41.9 Å². The molecule has 1 aliphatic heterocycles. The number of rotatable bonds is 2. The predicted octanol–water partition coefficient (Wildman–Crippen LogP) is 2.65. The minimum absolute atomic E-state index is 0.588. The Kier molecular flexibility index (Phi) is 2.79. The summed E-state index contributed by atoms with van der Waals surface area (Å²) in [5.41, 5.74) is 3.44. The second-order valence-electron chi connectivity index (χ2n) is 4.22. The van der Waals surface area contributed by atoms with Gasteiger partial charge in [-0.3, -0.25) is 4.90 Å². The van der Waals surface area contributed by atoms with Crippen LogP contribution in [0.5, 0.6) is 0 Å². The molecule has 0 unspecified atom stereocenters. The first kappa shape index (κ1) is 10.7. The lowest BCUT2D eigenvalue weighted by Gasteiger charge is -2.14. The number of fused-ring (bicyclic) bond motifs is 1. The largest absolute Gasteiger partial charge is 0.289 e. The lowest BCUT2D eigenvalue weighted by atomic mass is 10.2. The average molecular weight is 246 g/mol. The van der Waals surface area contributed by atoms with Gasteiger partial charge in [0.05, 0.1) is 5.69 Å². The molecule has 0 N–H and O–H groups in total. The van der Waals surface area contributed by atoms with Crippen molar-refractivity contribution in [2.24, 2.45) is 0 Å². The molecule has 3 nitrogen and oxygen atoms in total. The number of nitrogens with zero attached hydrogens (tertiary/aromatic N) is 3. The highest BCUT2D eigenvalue weighted by Gasteiger charge is 2.22. The van der Waals surface area contributed by atoms with E-state index in [1.807, 2.05) is 6.07 Å². The van der Waals surface area contributed by atoms with Crippen LogP contribution in [0.15, 0.2) is 36.7 Å². The molecule has 0 radical (unpaired) electrons. The maximum absolute atomic E-state index is 6.06. The monoisotopic (exact) mass is 245 g/mol. The molecule has 0 saturated carbocycles. The number of halogens is 1. The molecule has 0 aliphatic carbocycles. The van der Waals surface area contributed by atoms with Gasteiger partial charge in [-0.2, -0.15) is 0 Å². The minimum atomic E-state index is 0.588. The lowest BCUT2D eigenvalue weighted by molar-refractivity contribution is 0.274. The highest BCUT2D eigenvalue weighted by Crippen LogP contribution is 2.26. The zero-order chi connectivity index (χ0) is 11.7. The van der Waals surface area contributed by atoms with Crippen LogP contribution in [0.3, 0.4) is 0 Å². The number of hydrogen-bond donors (Lipinski definition) is 0. The maximum Gasteiger partial charge on any atom is 0.137 e. The number of aromatic nitrogens is 2. The van der Waals surface area contributed by atoms with Crippen molar-refractivity contribution in [2.45, 2.75) is 19.6 Å². The molecule has 3 rings (SSSR count). The van der Waals surface area contributed by atoms with Crippen molar-refractivity contribution in [2.75, 3.05) is 0 Å². The molecule has 17 heavy (non-hydrogen) atoms. The van der Waals surface area contributed by atoms with E-state index in [1.54, 1.807) is 0 Å². The Bertz CT molecular complexity index is 527. The molecule has 2 heterocycles. The molecule has 0 fully saturated rings.